The molecule has 0 fully saturated rings. The molecule has 0 rings (SSSR count). The van der Waals surface area contributed by atoms with Gasteiger partial charge in [0.25, 0.3) is 0 Å². The Balaban J connectivity index is 4.19. The maximum atomic E-state index is 6.22. The van der Waals surface area contributed by atoms with E-state index >= 15 is 0 Å². The summed E-state index contributed by atoms with van der Waals surface area (Å²) >= 11 is 0. The van der Waals surface area contributed by atoms with Crippen LogP contribution < -0.4 is 0 Å². The maximum Gasteiger partial charge on any atom is 0.144 e. The normalized spacial score (nSPS) is 13.2. The maximum absolute atomic E-state index is 6.22. The van der Waals surface area contributed by atoms with Crippen LogP contribution in [0.1, 0.15) is 106 Å². The van der Waals surface area contributed by atoms with Crippen molar-refractivity contribution in [2.75, 3.05) is 37.9 Å². The van der Waals surface area contributed by atoms with Gasteiger partial charge in [-0.1, -0.05) is 86.0 Å². The molecule has 0 spiro atoms. The van der Waals surface area contributed by atoms with E-state index in [-0.39, 0.29) is 10.8 Å². The van der Waals surface area contributed by atoms with Crippen molar-refractivity contribution in [3.8, 4) is 0 Å². The molecule has 0 saturated heterocycles. The van der Waals surface area contributed by atoms with Crippen LogP contribution in [0.2, 0.25) is 12.1 Å². The minimum Gasteiger partial charge on any atom is -0.355 e. The van der Waals surface area contributed by atoms with Crippen LogP contribution in [0.4, 0.5) is 0 Å². The van der Waals surface area contributed by atoms with Crippen LogP contribution in [-0.2, 0) is 18.9 Å². The first-order valence-electron chi connectivity index (χ1n) is 14.7. The lowest BCUT2D eigenvalue weighted by Crippen LogP contribution is -2.42. The second kappa shape index (κ2) is 26.9. The highest BCUT2D eigenvalue weighted by Crippen LogP contribution is 2.44. The molecule has 4 nitrogen and oxygen atoms in total. The standard InChI is InChI=1S/C26H58O4S4Si2/c1-7-13-15-23-35-25(27-9-3,28-10-4)19-17-21-31-33-34-32-22-18-20-26(29-11-5,30-12-6)36-24-16-14-8-2/h7-24,35-36H2,1-6H3. The van der Waals surface area contributed by atoms with Crippen LogP contribution >= 0.6 is 41.2 Å². The third-order valence-corrected chi connectivity index (χ3v) is 17.5. The smallest absolute Gasteiger partial charge is 0.144 e. The van der Waals surface area contributed by atoms with Gasteiger partial charge < -0.3 is 18.9 Å². The van der Waals surface area contributed by atoms with Crippen LogP contribution in [0.25, 0.3) is 0 Å². The van der Waals surface area contributed by atoms with Gasteiger partial charge in [-0.2, -0.15) is 0 Å². The largest absolute Gasteiger partial charge is 0.355 e. The average Bonchev–Trinajstić information content (AvgIpc) is 2.86. The van der Waals surface area contributed by atoms with Crippen LogP contribution in [0, 0.1) is 0 Å². The number of rotatable bonds is 29. The first-order valence-corrected chi connectivity index (χ1v) is 23.3. The molecular weight excluding hydrogens is 561 g/mol. The van der Waals surface area contributed by atoms with Gasteiger partial charge in [-0.3, -0.25) is 0 Å². The van der Waals surface area contributed by atoms with Gasteiger partial charge in [-0.15, -0.1) is 0 Å². The summed E-state index contributed by atoms with van der Waals surface area (Å²) in [5.74, 6) is 2.31. The predicted octanol–water partition coefficient (Wildman–Crippen LogP) is 8.23. The number of ether oxygens (including phenoxy) is 4. The average molecular weight is 619 g/mol. The number of hydrogen-bond acceptors (Lipinski definition) is 8. The topological polar surface area (TPSA) is 36.9 Å². The Morgan fingerprint density at radius 1 is 0.500 bits per heavy atom. The Morgan fingerprint density at radius 2 is 0.861 bits per heavy atom. The van der Waals surface area contributed by atoms with Crippen molar-refractivity contribution >= 4 is 60.3 Å². The second-order valence-corrected chi connectivity index (χ2v) is 20.0. The Morgan fingerprint density at radius 3 is 1.17 bits per heavy atom. The molecule has 36 heavy (non-hydrogen) atoms. The number of hydrogen-bond donors (Lipinski definition) is 0. The molecule has 0 bridgehead atoms. The van der Waals surface area contributed by atoms with Crippen molar-refractivity contribution in [1.29, 1.82) is 0 Å². The molecule has 0 heterocycles. The zero-order valence-corrected chi connectivity index (χ0v) is 30.5. The molecule has 0 aromatic carbocycles. The monoisotopic (exact) mass is 618 g/mol. The molecule has 218 valence electrons. The Kier molecular flexibility index (Phi) is 28.1. The van der Waals surface area contributed by atoms with Gasteiger partial charge in [0.1, 0.15) is 10.8 Å². The van der Waals surface area contributed by atoms with E-state index in [2.05, 4.69) is 41.5 Å². The summed E-state index contributed by atoms with van der Waals surface area (Å²) in [4.78, 5) is 0. The first kappa shape index (κ1) is 37.7. The molecule has 0 aromatic heterocycles. The third kappa shape index (κ3) is 19.7. The van der Waals surface area contributed by atoms with Gasteiger partial charge in [-0.05, 0) is 73.0 Å². The third-order valence-electron chi connectivity index (χ3n) is 6.15. The molecule has 0 atom stereocenters. The molecule has 0 saturated carbocycles. The summed E-state index contributed by atoms with van der Waals surface area (Å²) in [5.41, 5.74) is -0.477. The van der Waals surface area contributed by atoms with Gasteiger partial charge in [0, 0.05) is 37.9 Å². The van der Waals surface area contributed by atoms with Crippen molar-refractivity contribution in [3.63, 3.8) is 0 Å². The van der Waals surface area contributed by atoms with Crippen LogP contribution in [0.15, 0.2) is 0 Å². The molecule has 0 aromatic rings. The highest BCUT2D eigenvalue weighted by Gasteiger charge is 2.31. The lowest BCUT2D eigenvalue weighted by molar-refractivity contribution is -0.179. The Hall–Kier alpha value is 1.67. The fourth-order valence-electron chi connectivity index (χ4n) is 4.51. The van der Waals surface area contributed by atoms with Crippen molar-refractivity contribution in [2.45, 2.75) is 129 Å². The van der Waals surface area contributed by atoms with E-state index in [1.807, 2.05) is 41.2 Å². The first-order chi connectivity index (χ1) is 17.6. The summed E-state index contributed by atoms with van der Waals surface area (Å²) in [6, 6.07) is 2.66. The Labute approximate surface area is 244 Å². The van der Waals surface area contributed by atoms with E-state index in [0.29, 0.717) is 0 Å². The molecule has 0 aliphatic heterocycles. The van der Waals surface area contributed by atoms with E-state index in [4.69, 9.17) is 18.9 Å². The van der Waals surface area contributed by atoms with Gasteiger partial charge in [0.2, 0.25) is 0 Å². The Bertz CT molecular complexity index is 416. The summed E-state index contributed by atoms with van der Waals surface area (Å²) in [6.07, 6.45) is 12.3. The van der Waals surface area contributed by atoms with Gasteiger partial charge in [0.15, 0.2) is 0 Å². The molecule has 0 radical (unpaired) electrons. The fraction of sp³-hybridized carbons (Fsp3) is 1.00. The summed E-state index contributed by atoms with van der Waals surface area (Å²) in [6.45, 7) is 16.0. The quantitative estimate of drug-likeness (QED) is 0.0359. The summed E-state index contributed by atoms with van der Waals surface area (Å²) in [5, 5.41) is 0. The minimum absolute atomic E-state index is 0.238. The molecular formula is C26H58O4S4Si2. The summed E-state index contributed by atoms with van der Waals surface area (Å²) < 4.78 is 24.9. The SMILES string of the molecule is CCCCC[SiH2]C(CCCSSSSCCCC(OCC)(OCC)[SiH2]CCCCC)(OCC)OCC. The van der Waals surface area contributed by atoms with Gasteiger partial charge >= 0.3 is 0 Å². The second-order valence-electron chi connectivity index (χ2n) is 9.16. The molecule has 0 N–H and O–H groups in total. The fourth-order valence-corrected chi connectivity index (χ4v) is 15.3. The molecule has 0 aliphatic rings. The van der Waals surface area contributed by atoms with Crippen LogP contribution in [-0.4, -0.2) is 67.8 Å². The molecule has 0 amide bonds. The predicted molar refractivity (Wildman–Crippen MR) is 176 cm³/mol. The van der Waals surface area contributed by atoms with Gasteiger partial charge in [-0.25, -0.2) is 0 Å². The van der Waals surface area contributed by atoms with Gasteiger partial charge in [0.05, 0.1) is 19.0 Å². The van der Waals surface area contributed by atoms with E-state index in [9.17, 15) is 0 Å². The van der Waals surface area contributed by atoms with Crippen molar-refractivity contribution in [2.24, 2.45) is 0 Å². The summed E-state index contributed by atoms with van der Waals surface area (Å²) in [7, 11) is 7.02. The lowest BCUT2D eigenvalue weighted by atomic mass is 10.3. The van der Waals surface area contributed by atoms with E-state index < -0.39 is 19.0 Å². The molecule has 0 aliphatic carbocycles. The van der Waals surface area contributed by atoms with E-state index in [0.717, 1.165) is 63.6 Å². The molecule has 10 heteroatoms. The highest BCUT2D eigenvalue weighted by molar-refractivity contribution is 9.26. The lowest BCUT2D eigenvalue weighted by Gasteiger charge is -2.33. The zero-order valence-electron chi connectivity index (χ0n) is 24.4. The van der Waals surface area contributed by atoms with E-state index in [1.54, 1.807) is 0 Å². The van der Waals surface area contributed by atoms with E-state index in [1.165, 1.54) is 50.6 Å². The van der Waals surface area contributed by atoms with Crippen molar-refractivity contribution < 1.29 is 18.9 Å². The number of unbranched alkanes of at least 4 members (excludes halogenated alkanes) is 4. The van der Waals surface area contributed by atoms with Crippen LogP contribution in [0.5, 0.6) is 0 Å². The molecule has 0 unspecified atom stereocenters. The zero-order chi connectivity index (χ0) is 26.8. The van der Waals surface area contributed by atoms with Crippen LogP contribution in [0.3, 0.4) is 0 Å². The minimum atomic E-state index is -0.393. The van der Waals surface area contributed by atoms with Crippen molar-refractivity contribution in [1.82, 2.24) is 0 Å². The highest BCUT2D eigenvalue weighted by atomic mass is 33.7. The van der Waals surface area contributed by atoms with Crippen molar-refractivity contribution in [3.05, 3.63) is 0 Å².